The van der Waals surface area contributed by atoms with Gasteiger partial charge in [0.15, 0.2) is 0 Å². The summed E-state index contributed by atoms with van der Waals surface area (Å²) in [4.78, 5) is 15.5. The standard InChI is InChI=1S/C15H19F3N2O/c1-19(2)13-7-5-11(6-8-13)14(21)20-9-3-4-12(10-20)15(16,17)18/h5-8,12H,3-4,9-10H2,1-2H3/t12-/m1/s1. The van der Waals surface area contributed by atoms with Crippen molar-refractivity contribution in [2.75, 3.05) is 32.1 Å². The number of anilines is 1. The van der Waals surface area contributed by atoms with Crippen molar-refractivity contribution in [2.24, 2.45) is 5.92 Å². The predicted octanol–water partition coefficient (Wildman–Crippen LogP) is 3.17. The zero-order chi connectivity index (χ0) is 15.6. The molecule has 2 rings (SSSR count). The average molecular weight is 300 g/mol. The summed E-state index contributed by atoms with van der Waals surface area (Å²) in [5.74, 6) is -1.73. The number of alkyl halides is 3. The van der Waals surface area contributed by atoms with Crippen LogP contribution in [0.15, 0.2) is 24.3 Å². The number of rotatable bonds is 2. The molecule has 1 aliphatic heterocycles. The molecule has 6 heteroatoms. The van der Waals surface area contributed by atoms with Crippen molar-refractivity contribution >= 4 is 11.6 Å². The molecule has 116 valence electrons. The van der Waals surface area contributed by atoms with Gasteiger partial charge in [0.2, 0.25) is 0 Å². The number of likely N-dealkylation sites (tertiary alicyclic amines) is 1. The highest BCUT2D eigenvalue weighted by atomic mass is 19.4. The molecule has 1 aliphatic rings. The SMILES string of the molecule is CN(C)c1ccc(C(=O)N2CCC[C@@H](C(F)(F)F)C2)cc1. The highest BCUT2D eigenvalue weighted by Crippen LogP contribution is 2.33. The first-order valence-corrected chi connectivity index (χ1v) is 6.92. The number of halogens is 3. The molecule has 1 atom stereocenters. The Balaban J connectivity index is 2.09. The minimum Gasteiger partial charge on any atom is -0.378 e. The van der Waals surface area contributed by atoms with E-state index < -0.39 is 12.1 Å². The highest BCUT2D eigenvalue weighted by molar-refractivity contribution is 5.94. The van der Waals surface area contributed by atoms with Crippen LogP contribution in [-0.2, 0) is 0 Å². The van der Waals surface area contributed by atoms with Gasteiger partial charge in [-0.05, 0) is 37.1 Å². The lowest BCUT2D eigenvalue weighted by Gasteiger charge is -2.33. The second kappa shape index (κ2) is 5.95. The Bertz CT molecular complexity index is 497. The number of piperidine rings is 1. The molecule has 0 unspecified atom stereocenters. The van der Waals surface area contributed by atoms with E-state index in [4.69, 9.17) is 0 Å². The van der Waals surface area contributed by atoms with E-state index in [1.807, 2.05) is 19.0 Å². The van der Waals surface area contributed by atoms with Crippen LogP contribution in [0.2, 0.25) is 0 Å². The summed E-state index contributed by atoms with van der Waals surface area (Å²) in [5.41, 5.74) is 1.38. The van der Waals surface area contributed by atoms with Crippen LogP contribution in [0.3, 0.4) is 0 Å². The molecule has 0 bridgehead atoms. The predicted molar refractivity (Wildman–Crippen MR) is 75.5 cm³/mol. The highest BCUT2D eigenvalue weighted by Gasteiger charge is 2.42. The first-order valence-electron chi connectivity index (χ1n) is 6.92. The summed E-state index contributed by atoms with van der Waals surface area (Å²) in [5, 5.41) is 0. The zero-order valence-corrected chi connectivity index (χ0v) is 12.2. The second-order valence-corrected chi connectivity index (χ2v) is 5.57. The Hall–Kier alpha value is -1.72. The Labute approximate surface area is 122 Å². The maximum Gasteiger partial charge on any atom is 0.393 e. The molecular formula is C15H19F3N2O. The van der Waals surface area contributed by atoms with Crippen molar-refractivity contribution < 1.29 is 18.0 Å². The monoisotopic (exact) mass is 300 g/mol. The average Bonchev–Trinajstić information content (AvgIpc) is 2.46. The maximum atomic E-state index is 12.8. The van der Waals surface area contributed by atoms with Crippen molar-refractivity contribution in [3.05, 3.63) is 29.8 Å². The van der Waals surface area contributed by atoms with E-state index >= 15 is 0 Å². The first kappa shape index (κ1) is 15.7. The maximum absolute atomic E-state index is 12.8. The van der Waals surface area contributed by atoms with Crippen LogP contribution in [0.25, 0.3) is 0 Å². The summed E-state index contributed by atoms with van der Waals surface area (Å²) < 4.78 is 38.3. The van der Waals surface area contributed by atoms with Crippen LogP contribution in [-0.4, -0.2) is 44.2 Å². The van der Waals surface area contributed by atoms with Crippen molar-refractivity contribution in [1.29, 1.82) is 0 Å². The van der Waals surface area contributed by atoms with E-state index in [-0.39, 0.29) is 18.9 Å². The van der Waals surface area contributed by atoms with E-state index in [9.17, 15) is 18.0 Å². The molecule has 0 N–H and O–H groups in total. The van der Waals surface area contributed by atoms with Crippen LogP contribution >= 0.6 is 0 Å². The van der Waals surface area contributed by atoms with Crippen LogP contribution in [0.5, 0.6) is 0 Å². The molecule has 1 fully saturated rings. The fourth-order valence-corrected chi connectivity index (χ4v) is 2.51. The van der Waals surface area contributed by atoms with Crippen molar-refractivity contribution in [3.63, 3.8) is 0 Å². The molecule has 0 radical (unpaired) electrons. The van der Waals surface area contributed by atoms with Gasteiger partial charge in [0, 0.05) is 38.4 Å². The third-order valence-corrected chi connectivity index (χ3v) is 3.80. The fourth-order valence-electron chi connectivity index (χ4n) is 2.51. The number of hydrogen-bond donors (Lipinski definition) is 0. The number of carbonyl (C=O) groups excluding carboxylic acids is 1. The van der Waals surface area contributed by atoms with Gasteiger partial charge in [-0.25, -0.2) is 0 Å². The van der Waals surface area contributed by atoms with Gasteiger partial charge in [-0.1, -0.05) is 0 Å². The Morgan fingerprint density at radius 1 is 1.24 bits per heavy atom. The first-order chi connectivity index (χ1) is 9.79. The molecule has 1 amide bonds. The lowest BCUT2D eigenvalue weighted by Crippen LogP contribution is -2.44. The van der Waals surface area contributed by atoms with Gasteiger partial charge >= 0.3 is 6.18 Å². The molecule has 1 aromatic carbocycles. The van der Waals surface area contributed by atoms with E-state index in [0.717, 1.165) is 5.69 Å². The molecule has 0 saturated carbocycles. The Kier molecular flexibility index (Phi) is 4.44. The summed E-state index contributed by atoms with van der Waals surface area (Å²) in [6.07, 6.45) is -3.73. The molecule has 0 aliphatic carbocycles. The third-order valence-electron chi connectivity index (χ3n) is 3.80. The van der Waals surface area contributed by atoms with Crippen molar-refractivity contribution in [1.82, 2.24) is 4.90 Å². The van der Waals surface area contributed by atoms with Gasteiger partial charge in [-0.2, -0.15) is 13.2 Å². The smallest absolute Gasteiger partial charge is 0.378 e. The molecule has 1 saturated heterocycles. The van der Waals surface area contributed by atoms with Crippen molar-refractivity contribution in [2.45, 2.75) is 19.0 Å². The number of hydrogen-bond acceptors (Lipinski definition) is 2. The molecule has 3 nitrogen and oxygen atoms in total. The van der Waals surface area contributed by atoms with Gasteiger partial charge < -0.3 is 9.80 Å². The molecule has 1 heterocycles. The van der Waals surface area contributed by atoms with E-state index in [1.54, 1.807) is 24.3 Å². The van der Waals surface area contributed by atoms with Gasteiger partial charge in [0.05, 0.1) is 5.92 Å². The van der Waals surface area contributed by atoms with E-state index in [2.05, 4.69) is 0 Å². The Morgan fingerprint density at radius 3 is 2.38 bits per heavy atom. The van der Waals surface area contributed by atoms with E-state index in [0.29, 0.717) is 18.5 Å². The number of benzene rings is 1. The third kappa shape index (κ3) is 3.68. The van der Waals surface area contributed by atoms with Crippen LogP contribution in [0, 0.1) is 5.92 Å². The number of nitrogens with zero attached hydrogens (tertiary/aromatic N) is 2. The topological polar surface area (TPSA) is 23.6 Å². The Morgan fingerprint density at radius 2 is 1.86 bits per heavy atom. The summed E-state index contributed by atoms with van der Waals surface area (Å²) in [6, 6.07) is 6.90. The molecule has 1 aromatic rings. The van der Waals surface area contributed by atoms with Crippen LogP contribution in [0.4, 0.5) is 18.9 Å². The summed E-state index contributed by atoms with van der Waals surface area (Å²) >= 11 is 0. The quantitative estimate of drug-likeness (QED) is 0.837. The second-order valence-electron chi connectivity index (χ2n) is 5.57. The number of amides is 1. The zero-order valence-electron chi connectivity index (χ0n) is 12.2. The fraction of sp³-hybridized carbons (Fsp3) is 0.533. The van der Waals surface area contributed by atoms with Gasteiger partial charge in [-0.3, -0.25) is 4.79 Å². The summed E-state index contributed by atoms with van der Waals surface area (Å²) in [6.45, 7) is 0.151. The molecule has 21 heavy (non-hydrogen) atoms. The summed E-state index contributed by atoms with van der Waals surface area (Å²) in [7, 11) is 3.77. The minimum absolute atomic E-state index is 0.104. The van der Waals surface area contributed by atoms with Crippen LogP contribution < -0.4 is 4.90 Å². The number of carbonyl (C=O) groups is 1. The van der Waals surface area contributed by atoms with Gasteiger partial charge in [-0.15, -0.1) is 0 Å². The lowest BCUT2D eigenvalue weighted by atomic mass is 9.97. The largest absolute Gasteiger partial charge is 0.393 e. The molecular weight excluding hydrogens is 281 g/mol. The molecule has 0 aromatic heterocycles. The normalized spacial score (nSPS) is 19.5. The van der Waals surface area contributed by atoms with E-state index in [1.165, 1.54) is 4.90 Å². The van der Waals surface area contributed by atoms with Crippen LogP contribution in [0.1, 0.15) is 23.2 Å². The van der Waals surface area contributed by atoms with Crippen molar-refractivity contribution in [3.8, 4) is 0 Å². The minimum atomic E-state index is -4.23. The lowest BCUT2D eigenvalue weighted by molar-refractivity contribution is -0.184. The van der Waals surface area contributed by atoms with Gasteiger partial charge in [0.25, 0.3) is 5.91 Å². The van der Waals surface area contributed by atoms with Gasteiger partial charge in [0.1, 0.15) is 0 Å². The molecule has 0 spiro atoms.